The molecule has 1 fully saturated rings. The molecule has 0 bridgehead atoms. The zero-order valence-corrected chi connectivity index (χ0v) is 9.70. The lowest BCUT2D eigenvalue weighted by atomic mass is 10.1. The second kappa shape index (κ2) is 5.92. The largest absolute Gasteiger partial charge is 0.381 e. The van der Waals surface area contributed by atoms with Crippen molar-refractivity contribution >= 4 is 16.9 Å². The van der Waals surface area contributed by atoms with Crippen molar-refractivity contribution in [3.63, 3.8) is 0 Å². The maximum absolute atomic E-state index is 10.3. The van der Waals surface area contributed by atoms with E-state index in [1.54, 1.807) is 6.26 Å². The van der Waals surface area contributed by atoms with Gasteiger partial charge in [0.15, 0.2) is 5.03 Å². The van der Waals surface area contributed by atoms with Crippen molar-refractivity contribution in [1.82, 2.24) is 4.90 Å². The van der Waals surface area contributed by atoms with E-state index < -0.39 is 5.03 Å². The normalized spacial score (nSPS) is 21.7. The maximum atomic E-state index is 10.3. The molecule has 0 spiro atoms. The van der Waals surface area contributed by atoms with E-state index in [2.05, 4.69) is 5.10 Å². The summed E-state index contributed by atoms with van der Waals surface area (Å²) in [7, 11) is 1.82. The van der Waals surface area contributed by atoms with Gasteiger partial charge in [-0.2, -0.15) is 0 Å². The van der Waals surface area contributed by atoms with E-state index in [1.807, 2.05) is 11.9 Å². The van der Waals surface area contributed by atoms with Crippen LogP contribution in [-0.2, 0) is 4.74 Å². The molecule has 0 aromatic heterocycles. The number of hydrazone groups is 1. The highest BCUT2D eigenvalue weighted by molar-refractivity contribution is 8.13. The molecule has 1 aliphatic rings. The van der Waals surface area contributed by atoms with Gasteiger partial charge in [-0.15, -0.1) is 0 Å². The van der Waals surface area contributed by atoms with E-state index >= 15 is 0 Å². The summed E-state index contributed by atoms with van der Waals surface area (Å²) in [6, 6.07) is 0. The smallest absolute Gasteiger partial charge is 0.237 e. The lowest BCUT2D eigenvalue weighted by Crippen LogP contribution is -2.30. The second-order valence-corrected chi connectivity index (χ2v) is 4.21. The monoisotopic (exact) mass is 233 g/mol. The van der Waals surface area contributed by atoms with Crippen LogP contribution in [0, 0.1) is 16.0 Å². The van der Waals surface area contributed by atoms with E-state index in [0.717, 1.165) is 26.2 Å². The third kappa shape index (κ3) is 4.05. The summed E-state index contributed by atoms with van der Waals surface area (Å²) in [5, 5.41) is 13.4. The molecule has 86 valence electrons. The molecular formula is C8H15N3O3S. The first-order valence-corrected chi connectivity index (χ1v) is 5.92. The van der Waals surface area contributed by atoms with Crippen LogP contribution in [0.25, 0.3) is 0 Å². The molecule has 0 N–H and O–H groups in total. The molecule has 1 saturated heterocycles. The zero-order valence-electron chi connectivity index (χ0n) is 8.88. The van der Waals surface area contributed by atoms with Crippen LogP contribution in [0.4, 0.5) is 0 Å². The van der Waals surface area contributed by atoms with Crippen LogP contribution in [0.15, 0.2) is 5.10 Å². The average Bonchev–Trinajstić information content (AvgIpc) is 2.66. The molecule has 1 unspecified atom stereocenters. The summed E-state index contributed by atoms with van der Waals surface area (Å²) in [5.41, 5.74) is 0. The third-order valence-corrected chi connectivity index (χ3v) is 2.99. The number of nitro groups is 1. The van der Waals surface area contributed by atoms with Gasteiger partial charge in [0, 0.05) is 26.1 Å². The van der Waals surface area contributed by atoms with Crippen molar-refractivity contribution in [3.8, 4) is 0 Å². The fourth-order valence-electron chi connectivity index (χ4n) is 1.54. The molecule has 0 radical (unpaired) electrons. The molecule has 7 heteroatoms. The predicted molar refractivity (Wildman–Crippen MR) is 59.5 cm³/mol. The summed E-state index contributed by atoms with van der Waals surface area (Å²) < 4.78 is 5.25. The Labute approximate surface area is 92.8 Å². The summed E-state index contributed by atoms with van der Waals surface area (Å²) in [6.45, 7) is 2.29. The van der Waals surface area contributed by atoms with Crippen molar-refractivity contribution in [2.45, 2.75) is 6.42 Å². The van der Waals surface area contributed by atoms with Gasteiger partial charge in [0.2, 0.25) is 5.17 Å². The Bertz CT molecular complexity index is 254. The lowest BCUT2D eigenvalue weighted by Gasteiger charge is -2.20. The summed E-state index contributed by atoms with van der Waals surface area (Å²) in [6.07, 6.45) is 2.80. The standard InChI is InChI=1S/C8H15N3O3S/c1-10(5-7-3-4-14-6-7)8(15-2)9-11(12)13/h7H,3-6H2,1-2H3/b9-8-. The van der Waals surface area contributed by atoms with Crippen LogP contribution in [0.5, 0.6) is 0 Å². The minimum atomic E-state index is -0.659. The van der Waals surface area contributed by atoms with Crippen LogP contribution >= 0.6 is 11.8 Å². The van der Waals surface area contributed by atoms with Crippen molar-refractivity contribution in [2.75, 3.05) is 33.1 Å². The van der Waals surface area contributed by atoms with Crippen molar-refractivity contribution in [3.05, 3.63) is 10.1 Å². The van der Waals surface area contributed by atoms with Gasteiger partial charge in [-0.05, 0) is 12.7 Å². The minimum Gasteiger partial charge on any atom is -0.381 e. The highest BCUT2D eigenvalue weighted by Gasteiger charge is 2.20. The van der Waals surface area contributed by atoms with E-state index in [9.17, 15) is 10.1 Å². The zero-order chi connectivity index (χ0) is 11.3. The van der Waals surface area contributed by atoms with Crippen LogP contribution in [-0.4, -0.2) is 48.2 Å². The highest BCUT2D eigenvalue weighted by atomic mass is 32.2. The summed E-state index contributed by atoms with van der Waals surface area (Å²) >= 11 is 1.28. The molecule has 0 aliphatic carbocycles. The highest BCUT2D eigenvalue weighted by Crippen LogP contribution is 2.15. The van der Waals surface area contributed by atoms with Crippen LogP contribution in [0.2, 0.25) is 0 Å². The second-order valence-electron chi connectivity index (χ2n) is 3.43. The Morgan fingerprint density at radius 1 is 1.80 bits per heavy atom. The maximum Gasteiger partial charge on any atom is 0.237 e. The third-order valence-electron chi connectivity index (χ3n) is 2.23. The van der Waals surface area contributed by atoms with E-state index in [0.29, 0.717) is 11.1 Å². The Kier molecular flexibility index (Phi) is 4.83. The molecule has 1 heterocycles. The Balaban J connectivity index is 2.48. The van der Waals surface area contributed by atoms with Crippen LogP contribution in [0.1, 0.15) is 6.42 Å². The van der Waals surface area contributed by atoms with Gasteiger partial charge in [0.1, 0.15) is 0 Å². The number of thioether (sulfide) groups is 1. The number of hydrogen-bond donors (Lipinski definition) is 0. The predicted octanol–water partition coefficient (Wildman–Crippen LogP) is 0.865. The fraction of sp³-hybridized carbons (Fsp3) is 0.875. The SMILES string of the molecule is CS/C(=N\[N+](=O)[O-])N(C)CC1CCOC1. The van der Waals surface area contributed by atoms with Crippen LogP contribution in [0.3, 0.4) is 0 Å². The molecule has 0 amide bonds. The fourth-order valence-corrected chi connectivity index (χ4v) is 2.07. The van der Waals surface area contributed by atoms with Crippen LogP contribution < -0.4 is 0 Å². The molecule has 1 rings (SSSR count). The van der Waals surface area contributed by atoms with Gasteiger partial charge in [-0.3, -0.25) is 0 Å². The van der Waals surface area contributed by atoms with E-state index in [-0.39, 0.29) is 0 Å². The Morgan fingerprint density at radius 2 is 2.53 bits per heavy atom. The molecule has 0 saturated carbocycles. The van der Waals surface area contributed by atoms with Gasteiger partial charge in [0.25, 0.3) is 0 Å². The number of hydrogen-bond acceptors (Lipinski definition) is 4. The van der Waals surface area contributed by atoms with Crippen molar-refractivity contribution < 1.29 is 9.77 Å². The van der Waals surface area contributed by atoms with Gasteiger partial charge in [0.05, 0.1) is 11.7 Å². The number of ether oxygens (including phenoxy) is 1. The number of rotatable bonds is 3. The first-order valence-electron chi connectivity index (χ1n) is 4.69. The quantitative estimate of drug-likeness (QED) is 0.313. The Hall–Kier alpha value is -0.820. The first-order chi connectivity index (χ1) is 7.13. The number of nitrogens with zero attached hydrogens (tertiary/aromatic N) is 3. The molecule has 1 aliphatic heterocycles. The van der Waals surface area contributed by atoms with Gasteiger partial charge < -0.3 is 9.64 Å². The first kappa shape index (κ1) is 12.3. The topological polar surface area (TPSA) is 68.0 Å². The molecule has 1 atom stereocenters. The molecular weight excluding hydrogens is 218 g/mol. The summed E-state index contributed by atoms with van der Waals surface area (Å²) in [5.74, 6) is 0.458. The van der Waals surface area contributed by atoms with E-state index in [4.69, 9.17) is 4.74 Å². The molecule has 15 heavy (non-hydrogen) atoms. The Morgan fingerprint density at radius 3 is 3.00 bits per heavy atom. The average molecular weight is 233 g/mol. The van der Waals surface area contributed by atoms with Crippen molar-refractivity contribution in [1.29, 1.82) is 0 Å². The van der Waals surface area contributed by atoms with Crippen molar-refractivity contribution in [2.24, 2.45) is 11.0 Å². The van der Waals surface area contributed by atoms with Gasteiger partial charge >= 0.3 is 0 Å². The molecule has 0 aromatic carbocycles. The number of amidine groups is 1. The molecule has 6 nitrogen and oxygen atoms in total. The lowest BCUT2D eigenvalue weighted by molar-refractivity contribution is -0.485. The summed E-state index contributed by atoms with van der Waals surface area (Å²) in [4.78, 5) is 12.1. The molecule has 0 aromatic rings. The minimum absolute atomic E-state index is 0.437. The van der Waals surface area contributed by atoms with Gasteiger partial charge in [-0.25, -0.2) is 10.1 Å². The van der Waals surface area contributed by atoms with Gasteiger partial charge in [-0.1, -0.05) is 11.8 Å². The van der Waals surface area contributed by atoms with E-state index in [1.165, 1.54) is 11.8 Å².